The molecule has 1 N–H and O–H groups in total. The molecular formula is C17H25N7O. The van der Waals surface area contributed by atoms with Gasteiger partial charge in [-0.1, -0.05) is 6.07 Å². The average Bonchev–Trinajstić information content (AvgIpc) is 3.02. The van der Waals surface area contributed by atoms with Crippen molar-refractivity contribution in [2.24, 2.45) is 0 Å². The van der Waals surface area contributed by atoms with E-state index < -0.39 is 0 Å². The van der Waals surface area contributed by atoms with Crippen LogP contribution in [0.5, 0.6) is 0 Å². The number of carbonyl (C=O) groups is 1. The van der Waals surface area contributed by atoms with Crippen LogP contribution in [0.3, 0.4) is 0 Å². The summed E-state index contributed by atoms with van der Waals surface area (Å²) in [6.45, 7) is 9.61. The summed E-state index contributed by atoms with van der Waals surface area (Å²) in [5, 5.41) is 14.7. The van der Waals surface area contributed by atoms with Crippen LogP contribution in [0.15, 0.2) is 18.2 Å². The summed E-state index contributed by atoms with van der Waals surface area (Å²) in [5.41, 5.74) is 2.66. The molecule has 1 fully saturated rings. The predicted octanol–water partition coefficient (Wildman–Crippen LogP) is 0.854. The smallest absolute Gasteiger partial charge is 0.241 e. The molecular weight excluding hydrogens is 318 g/mol. The molecule has 8 nitrogen and oxygen atoms in total. The number of anilines is 1. The molecule has 0 radical (unpaired) electrons. The largest absolute Gasteiger partial charge is 0.325 e. The van der Waals surface area contributed by atoms with E-state index >= 15 is 0 Å². The molecule has 1 saturated heterocycles. The molecule has 1 aliphatic heterocycles. The van der Waals surface area contributed by atoms with E-state index in [0.717, 1.165) is 43.1 Å². The highest BCUT2D eigenvalue weighted by atomic mass is 16.2. The standard InChI is InChI=1S/C17H25N7O/c1-12-5-6-15(11-16(12)24-14(3)19-20-21-24)18-17(25)13(2)23-9-7-22(4)8-10-23/h5-6,11,13H,7-10H2,1-4H3,(H,18,25)/t13-/m0/s1. The van der Waals surface area contributed by atoms with Gasteiger partial charge in [-0.3, -0.25) is 9.69 Å². The van der Waals surface area contributed by atoms with Crippen LogP contribution in [0, 0.1) is 13.8 Å². The molecule has 1 amide bonds. The summed E-state index contributed by atoms with van der Waals surface area (Å²) >= 11 is 0. The topological polar surface area (TPSA) is 79.2 Å². The molecule has 134 valence electrons. The quantitative estimate of drug-likeness (QED) is 0.887. The number of carbonyl (C=O) groups excluding carboxylic acids is 1. The molecule has 8 heteroatoms. The number of benzene rings is 1. The molecule has 0 aliphatic carbocycles. The number of likely N-dealkylation sites (N-methyl/N-ethyl adjacent to an activating group) is 1. The molecule has 3 rings (SSSR count). The van der Waals surface area contributed by atoms with Gasteiger partial charge < -0.3 is 10.2 Å². The summed E-state index contributed by atoms with van der Waals surface area (Å²) in [6.07, 6.45) is 0. The van der Waals surface area contributed by atoms with E-state index in [1.165, 1.54) is 0 Å². The highest BCUT2D eigenvalue weighted by Gasteiger charge is 2.24. The number of hydrogen-bond donors (Lipinski definition) is 1. The van der Waals surface area contributed by atoms with Gasteiger partial charge in [-0.25, -0.2) is 0 Å². The Kier molecular flexibility index (Phi) is 5.10. The number of amides is 1. The first-order valence-electron chi connectivity index (χ1n) is 8.55. The molecule has 0 unspecified atom stereocenters. The lowest BCUT2D eigenvalue weighted by Crippen LogP contribution is -2.51. The third-order valence-electron chi connectivity index (χ3n) is 4.80. The van der Waals surface area contributed by atoms with E-state index in [9.17, 15) is 4.79 Å². The fourth-order valence-electron chi connectivity index (χ4n) is 2.99. The zero-order chi connectivity index (χ0) is 18.0. The minimum Gasteiger partial charge on any atom is -0.325 e. The van der Waals surface area contributed by atoms with Crippen molar-refractivity contribution >= 4 is 11.6 Å². The number of hydrogen-bond acceptors (Lipinski definition) is 6. The predicted molar refractivity (Wildman–Crippen MR) is 95.8 cm³/mol. The van der Waals surface area contributed by atoms with E-state index in [1.807, 2.05) is 39.0 Å². The number of piperazine rings is 1. The molecule has 0 saturated carbocycles. The van der Waals surface area contributed by atoms with Crippen LogP contribution < -0.4 is 5.32 Å². The van der Waals surface area contributed by atoms with Gasteiger partial charge in [0.25, 0.3) is 0 Å². The van der Waals surface area contributed by atoms with Gasteiger partial charge in [0.2, 0.25) is 5.91 Å². The maximum absolute atomic E-state index is 12.6. The van der Waals surface area contributed by atoms with Crippen LogP contribution in [0.1, 0.15) is 18.3 Å². The molecule has 2 aromatic rings. The lowest BCUT2D eigenvalue weighted by molar-refractivity contribution is -0.121. The summed E-state index contributed by atoms with van der Waals surface area (Å²) < 4.78 is 1.68. The number of tetrazole rings is 1. The van der Waals surface area contributed by atoms with Crippen molar-refractivity contribution in [1.29, 1.82) is 0 Å². The maximum Gasteiger partial charge on any atom is 0.241 e. The van der Waals surface area contributed by atoms with Gasteiger partial charge >= 0.3 is 0 Å². The average molecular weight is 343 g/mol. The Balaban J connectivity index is 1.72. The van der Waals surface area contributed by atoms with Gasteiger partial charge in [-0.05, 0) is 55.9 Å². The second-order valence-corrected chi connectivity index (χ2v) is 6.64. The van der Waals surface area contributed by atoms with E-state index in [2.05, 4.69) is 37.7 Å². The van der Waals surface area contributed by atoms with E-state index in [4.69, 9.17) is 0 Å². The van der Waals surface area contributed by atoms with Crippen LogP contribution in [0.2, 0.25) is 0 Å². The van der Waals surface area contributed by atoms with Crippen molar-refractivity contribution in [1.82, 2.24) is 30.0 Å². The summed E-state index contributed by atoms with van der Waals surface area (Å²) in [7, 11) is 2.11. The second kappa shape index (κ2) is 7.28. The number of aryl methyl sites for hydroxylation is 2. The highest BCUT2D eigenvalue weighted by Crippen LogP contribution is 2.20. The van der Waals surface area contributed by atoms with Crippen molar-refractivity contribution < 1.29 is 4.79 Å². The maximum atomic E-state index is 12.6. The van der Waals surface area contributed by atoms with Crippen LogP contribution in [0.4, 0.5) is 5.69 Å². The van der Waals surface area contributed by atoms with Gasteiger partial charge in [0, 0.05) is 31.9 Å². The first kappa shape index (κ1) is 17.5. The first-order valence-corrected chi connectivity index (χ1v) is 8.55. The number of nitrogens with one attached hydrogen (secondary N) is 1. The molecule has 2 heterocycles. The van der Waals surface area contributed by atoms with Crippen LogP contribution >= 0.6 is 0 Å². The zero-order valence-corrected chi connectivity index (χ0v) is 15.2. The zero-order valence-electron chi connectivity index (χ0n) is 15.2. The molecule has 1 aliphatic rings. The minimum atomic E-state index is -0.159. The monoisotopic (exact) mass is 343 g/mol. The molecule has 1 aromatic heterocycles. The molecule has 0 bridgehead atoms. The molecule has 25 heavy (non-hydrogen) atoms. The summed E-state index contributed by atoms with van der Waals surface area (Å²) in [4.78, 5) is 17.1. The lowest BCUT2D eigenvalue weighted by Gasteiger charge is -2.35. The summed E-state index contributed by atoms with van der Waals surface area (Å²) in [5.74, 6) is 0.713. The van der Waals surface area contributed by atoms with Gasteiger partial charge in [-0.15, -0.1) is 5.10 Å². The Morgan fingerprint density at radius 3 is 2.56 bits per heavy atom. The molecule has 1 aromatic carbocycles. The van der Waals surface area contributed by atoms with Gasteiger partial charge in [0.05, 0.1) is 11.7 Å². The number of aromatic nitrogens is 4. The summed E-state index contributed by atoms with van der Waals surface area (Å²) in [6, 6.07) is 5.63. The van der Waals surface area contributed by atoms with E-state index in [-0.39, 0.29) is 11.9 Å². The fraction of sp³-hybridized carbons (Fsp3) is 0.529. The minimum absolute atomic E-state index is 0.00722. The van der Waals surface area contributed by atoms with E-state index in [1.54, 1.807) is 4.68 Å². The SMILES string of the molecule is Cc1ccc(NC(=O)[C@H](C)N2CCN(C)CC2)cc1-n1nnnc1C. The van der Waals surface area contributed by atoms with Crippen molar-refractivity contribution in [3.8, 4) is 5.69 Å². The lowest BCUT2D eigenvalue weighted by atomic mass is 10.1. The Hall–Kier alpha value is -2.32. The van der Waals surface area contributed by atoms with Crippen molar-refractivity contribution in [2.75, 3.05) is 38.5 Å². The van der Waals surface area contributed by atoms with Crippen molar-refractivity contribution in [3.63, 3.8) is 0 Å². The normalized spacial score (nSPS) is 17.4. The van der Waals surface area contributed by atoms with Gasteiger partial charge in [0.1, 0.15) is 0 Å². The third kappa shape index (κ3) is 3.85. The fourth-order valence-corrected chi connectivity index (χ4v) is 2.99. The van der Waals surface area contributed by atoms with Crippen LogP contribution in [-0.2, 0) is 4.79 Å². The van der Waals surface area contributed by atoms with Crippen molar-refractivity contribution in [3.05, 3.63) is 29.6 Å². The second-order valence-electron chi connectivity index (χ2n) is 6.64. The van der Waals surface area contributed by atoms with E-state index in [0.29, 0.717) is 5.82 Å². The first-order chi connectivity index (χ1) is 12.0. The number of rotatable bonds is 4. The van der Waals surface area contributed by atoms with Crippen LogP contribution in [-0.4, -0.2) is 75.2 Å². The Labute approximate surface area is 147 Å². The van der Waals surface area contributed by atoms with Crippen LogP contribution in [0.25, 0.3) is 5.69 Å². The van der Waals surface area contributed by atoms with Gasteiger partial charge in [-0.2, -0.15) is 4.68 Å². The van der Waals surface area contributed by atoms with Crippen molar-refractivity contribution in [2.45, 2.75) is 26.8 Å². The third-order valence-corrected chi connectivity index (χ3v) is 4.80. The number of nitrogens with zero attached hydrogens (tertiary/aromatic N) is 6. The highest BCUT2D eigenvalue weighted by molar-refractivity contribution is 5.94. The van der Waals surface area contributed by atoms with Gasteiger partial charge in [0.15, 0.2) is 5.82 Å². The molecule has 0 spiro atoms. The molecule has 1 atom stereocenters. The Morgan fingerprint density at radius 1 is 1.20 bits per heavy atom. The Morgan fingerprint density at radius 2 is 1.92 bits per heavy atom. The Bertz CT molecular complexity index is 749.